The highest BCUT2D eigenvalue weighted by molar-refractivity contribution is 7.92. The SMILES string of the molecule is CC(NC(=O)C1CN(S(C)(=O)=O)c2cc(Cl)ccc2O1)c1ccc2c(c1)CCCC2. The molecule has 2 atom stereocenters. The van der Waals surface area contributed by atoms with Crippen LogP contribution in [-0.4, -0.2) is 33.2 Å². The molecule has 2 aromatic rings. The van der Waals surface area contributed by atoms with Crippen molar-refractivity contribution in [1.82, 2.24) is 5.32 Å². The third-order valence-electron chi connectivity index (χ3n) is 5.71. The van der Waals surface area contributed by atoms with E-state index in [1.54, 1.807) is 12.1 Å². The first-order valence-corrected chi connectivity index (χ1v) is 12.3. The molecule has 2 aromatic carbocycles. The van der Waals surface area contributed by atoms with Crippen LogP contribution in [0, 0.1) is 0 Å². The Morgan fingerprint density at radius 1 is 1.17 bits per heavy atom. The quantitative estimate of drug-likeness (QED) is 0.775. The number of amides is 1. The van der Waals surface area contributed by atoms with Gasteiger partial charge in [0.2, 0.25) is 10.0 Å². The van der Waals surface area contributed by atoms with Crippen LogP contribution in [-0.2, 0) is 27.7 Å². The molecule has 1 amide bonds. The zero-order chi connectivity index (χ0) is 21.5. The zero-order valence-electron chi connectivity index (χ0n) is 17.0. The van der Waals surface area contributed by atoms with E-state index < -0.39 is 16.1 Å². The second kappa shape index (κ2) is 8.12. The van der Waals surface area contributed by atoms with Gasteiger partial charge in [0.15, 0.2) is 6.10 Å². The van der Waals surface area contributed by atoms with Gasteiger partial charge in [-0.05, 0) is 67.5 Å². The molecule has 0 saturated carbocycles. The summed E-state index contributed by atoms with van der Waals surface area (Å²) in [5.41, 5.74) is 4.12. The first kappa shape index (κ1) is 21.0. The summed E-state index contributed by atoms with van der Waals surface area (Å²) < 4.78 is 31.6. The highest BCUT2D eigenvalue weighted by Crippen LogP contribution is 2.37. The Kier molecular flexibility index (Phi) is 5.68. The van der Waals surface area contributed by atoms with Gasteiger partial charge in [-0.25, -0.2) is 8.42 Å². The number of halogens is 1. The summed E-state index contributed by atoms with van der Waals surface area (Å²) in [4.78, 5) is 12.9. The molecule has 1 aliphatic carbocycles. The molecular formula is C22H25ClN2O4S. The number of sulfonamides is 1. The van der Waals surface area contributed by atoms with Gasteiger partial charge in [-0.3, -0.25) is 9.10 Å². The van der Waals surface area contributed by atoms with Gasteiger partial charge in [-0.15, -0.1) is 0 Å². The van der Waals surface area contributed by atoms with Crippen LogP contribution >= 0.6 is 11.6 Å². The Morgan fingerprint density at radius 2 is 1.90 bits per heavy atom. The highest BCUT2D eigenvalue weighted by atomic mass is 35.5. The number of rotatable bonds is 4. The van der Waals surface area contributed by atoms with E-state index in [9.17, 15) is 13.2 Å². The van der Waals surface area contributed by atoms with Gasteiger partial charge in [0, 0.05) is 5.02 Å². The molecular weight excluding hydrogens is 424 g/mol. The second-order valence-electron chi connectivity index (χ2n) is 7.98. The number of carbonyl (C=O) groups excluding carboxylic acids is 1. The van der Waals surface area contributed by atoms with Gasteiger partial charge in [-0.2, -0.15) is 0 Å². The Hall–Kier alpha value is -2.25. The molecule has 6 nitrogen and oxygen atoms in total. The molecule has 8 heteroatoms. The minimum absolute atomic E-state index is 0.102. The van der Waals surface area contributed by atoms with Gasteiger partial charge >= 0.3 is 0 Å². The Balaban J connectivity index is 1.53. The summed E-state index contributed by atoms with van der Waals surface area (Å²) in [5.74, 6) is -0.0351. The van der Waals surface area contributed by atoms with E-state index in [4.69, 9.17) is 16.3 Å². The number of anilines is 1. The fourth-order valence-electron chi connectivity index (χ4n) is 4.09. The molecule has 0 aromatic heterocycles. The Morgan fingerprint density at radius 3 is 2.63 bits per heavy atom. The molecule has 0 spiro atoms. The van der Waals surface area contributed by atoms with Crippen LogP contribution < -0.4 is 14.4 Å². The molecule has 1 aliphatic heterocycles. The molecule has 0 radical (unpaired) electrons. The summed E-state index contributed by atoms with van der Waals surface area (Å²) in [5, 5.41) is 3.37. The van der Waals surface area contributed by atoms with Crippen molar-refractivity contribution in [3.05, 3.63) is 58.1 Å². The van der Waals surface area contributed by atoms with Crippen LogP contribution in [0.4, 0.5) is 5.69 Å². The number of aryl methyl sites for hydroxylation is 2. The molecule has 1 heterocycles. The van der Waals surface area contributed by atoms with E-state index >= 15 is 0 Å². The number of ether oxygens (including phenoxy) is 1. The van der Waals surface area contributed by atoms with E-state index in [0.29, 0.717) is 16.5 Å². The third-order valence-corrected chi connectivity index (χ3v) is 7.10. The summed E-state index contributed by atoms with van der Waals surface area (Å²) in [6, 6.07) is 10.9. The van der Waals surface area contributed by atoms with E-state index in [2.05, 4.69) is 23.5 Å². The monoisotopic (exact) mass is 448 g/mol. The summed E-state index contributed by atoms with van der Waals surface area (Å²) in [6.45, 7) is 1.82. The average molecular weight is 449 g/mol. The summed E-state index contributed by atoms with van der Waals surface area (Å²) in [7, 11) is -3.60. The molecule has 2 aliphatic rings. The molecule has 1 N–H and O–H groups in total. The second-order valence-corrected chi connectivity index (χ2v) is 10.3. The van der Waals surface area contributed by atoms with Crippen molar-refractivity contribution in [3.63, 3.8) is 0 Å². The molecule has 0 saturated heterocycles. The van der Waals surface area contributed by atoms with Crippen molar-refractivity contribution < 1.29 is 17.9 Å². The minimum atomic E-state index is -3.60. The first-order chi connectivity index (χ1) is 14.2. The fourth-order valence-corrected chi connectivity index (χ4v) is 5.16. The minimum Gasteiger partial charge on any atom is -0.476 e. The van der Waals surface area contributed by atoms with Gasteiger partial charge in [-0.1, -0.05) is 29.8 Å². The van der Waals surface area contributed by atoms with E-state index in [1.807, 2.05) is 6.92 Å². The normalized spacial score (nSPS) is 19.3. The van der Waals surface area contributed by atoms with Gasteiger partial charge in [0.1, 0.15) is 5.75 Å². The smallest absolute Gasteiger partial charge is 0.263 e. The van der Waals surface area contributed by atoms with Crippen molar-refractivity contribution in [2.24, 2.45) is 0 Å². The highest BCUT2D eigenvalue weighted by Gasteiger charge is 2.35. The van der Waals surface area contributed by atoms with Crippen LogP contribution in [0.25, 0.3) is 0 Å². The van der Waals surface area contributed by atoms with Crippen LogP contribution in [0.2, 0.25) is 5.02 Å². The maximum absolute atomic E-state index is 12.9. The van der Waals surface area contributed by atoms with Crippen molar-refractivity contribution in [1.29, 1.82) is 0 Å². The van der Waals surface area contributed by atoms with Crippen LogP contribution in [0.5, 0.6) is 5.75 Å². The fraction of sp³-hybridized carbons (Fsp3) is 0.409. The lowest BCUT2D eigenvalue weighted by Crippen LogP contribution is -2.50. The van der Waals surface area contributed by atoms with Crippen molar-refractivity contribution in [2.45, 2.75) is 44.8 Å². The molecule has 4 rings (SSSR count). The number of carbonyl (C=O) groups is 1. The number of benzene rings is 2. The standard InChI is InChI=1S/C22H25ClN2O4S/c1-14(16-8-7-15-5-3-4-6-17(15)11-16)24-22(26)21-13-25(30(2,27)28)19-12-18(23)9-10-20(19)29-21/h7-12,14,21H,3-6,13H2,1-2H3,(H,24,26). The Labute approximate surface area is 182 Å². The van der Waals surface area contributed by atoms with Crippen molar-refractivity contribution in [3.8, 4) is 5.75 Å². The maximum Gasteiger partial charge on any atom is 0.263 e. The van der Waals surface area contributed by atoms with Crippen LogP contribution in [0.3, 0.4) is 0 Å². The first-order valence-electron chi connectivity index (χ1n) is 10.1. The largest absolute Gasteiger partial charge is 0.476 e. The summed E-state index contributed by atoms with van der Waals surface area (Å²) in [6.07, 6.45) is 4.75. The van der Waals surface area contributed by atoms with Crippen LogP contribution in [0.15, 0.2) is 36.4 Å². The third kappa shape index (κ3) is 4.27. The Bertz CT molecular complexity index is 1090. The molecule has 0 fully saturated rings. The number of nitrogens with zero attached hydrogens (tertiary/aromatic N) is 1. The molecule has 30 heavy (non-hydrogen) atoms. The molecule has 2 unspecified atom stereocenters. The van der Waals surface area contributed by atoms with Crippen molar-refractivity contribution in [2.75, 3.05) is 17.1 Å². The number of nitrogens with one attached hydrogen (secondary N) is 1. The predicted molar refractivity (Wildman–Crippen MR) is 118 cm³/mol. The lowest BCUT2D eigenvalue weighted by molar-refractivity contribution is -0.128. The van der Waals surface area contributed by atoms with Crippen LogP contribution in [0.1, 0.15) is 42.5 Å². The van der Waals surface area contributed by atoms with Gasteiger partial charge < -0.3 is 10.1 Å². The number of hydrogen-bond donors (Lipinski definition) is 1. The van der Waals surface area contributed by atoms with Crippen molar-refractivity contribution >= 4 is 33.2 Å². The van der Waals surface area contributed by atoms with E-state index in [-0.39, 0.29) is 18.5 Å². The topological polar surface area (TPSA) is 75.7 Å². The average Bonchev–Trinajstić information content (AvgIpc) is 2.71. The molecule has 160 valence electrons. The zero-order valence-corrected chi connectivity index (χ0v) is 18.6. The molecule has 0 bridgehead atoms. The van der Waals surface area contributed by atoms with E-state index in [1.165, 1.54) is 34.3 Å². The predicted octanol–water partition coefficient (Wildman–Crippen LogP) is 3.62. The number of hydrogen-bond acceptors (Lipinski definition) is 4. The lowest BCUT2D eigenvalue weighted by Gasteiger charge is -2.34. The van der Waals surface area contributed by atoms with Gasteiger partial charge in [0.25, 0.3) is 5.91 Å². The van der Waals surface area contributed by atoms with Gasteiger partial charge in [0.05, 0.1) is 24.5 Å². The van der Waals surface area contributed by atoms with E-state index in [0.717, 1.165) is 24.7 Å². The summed E-state index contributed by atoms with van der Waals surface area (Å²) >= 11 is 6.02. The number of fused-ring (bicyclic) bond motifs is 2. The maximum atomic E-state index is 12.9. The lowest BCUT2D eigenvalue weighted by atomic mass is 9.89.